The van der Waals surface area contributed by atoms with Crippen molar-refractivity contribution in [1.82, 2.24) is 0 Å². The highest BCUT2D eigenvalue weighted by molar-refractivity contribution is 6.30. The molecule has 3 heteroatoms. The van der Waals surface area contributed by atoms with E-state index in [2.05, 4.69) is 0 Å². The third kappa shape index (κ3) is 1.24. The van der Waals surface area contributed by atoms with E-state index in [4.69, 9.17) is 11.6 Å². The molecule has 1 unspecified atom stereocenters. The Hall–Kier alpha value is -0.630. The Morgan fingerprint density at radius 1 is 1.43 bits per heavy atom. The van der Waals surface area contributed by atoms with Crippen molar-refractivity contribution in [3.63, 3.8) is 0 Å². The van der Waals surface area contributed by atoms with Gasteiger partial charge in [0.05, 0.1) is 5.41 Å². The SMILES string of the molecule is CCC1(c2cccc(Cl)c2)CC1(F)F. The van der Waals surface area contributed by atoms with Gasteiger partial charge in [-0.1, -0.05) is 30.7 Å². The molecule has 0 heterocycles. The van der Waals surface area contributed by atoms with E-state index >= 15 is 0 Å². The third-order valence-corrected chi connectivity index (χ3v) is 3.31. The van der Waals surface area contributed by atoms with Crippen LogP contribution >= 0.6 is 11.6 Å². The molecule has 76 valence electrons. The summed E-state index contributed by atoms with van der Waals surface area (Å²) in [5.74, 6) is -2.55. The fraction of sp³-hybridized carbons (Fsp3) is 0.455. The number of benzene rings is 1. The number of hydrogen-bond acceptors (Lipinski definition) is 0. The Morgan fingerprint density at radius 3 is 2.50 bits per heavy atom. The highest BCUT2D eigenvalue weighted by Crippen LogP contribution is 2.63. The van der Waals surface area contributed by atoms with Gasteiger partial charge in [-0.2, -0.15) is 0 Å². The molecular weight excluding hydrogens is 206 g/mol. The van der Waals surface area contributed by atoms with Gasteiger partial charge in [-0.3, -0.25) is 0 Å². The minimum absolute atomic E-state index is 0.0448. The van der Waals surface area contributed by atoms with Gasteiger partial charge in [0.1, 0.15) is 0 Å². The molecule has 0 radical (unpaired) electrons. The molecule has 1 atom stereocenters. The van der Waals surface area contributed by atoms with Crippen LogP contribution in [0.2, 0.25) is 5.02 Å². The molecule has 1 aromatic carbocycles. The Labute approximate surface area is 86.9 Å². The van der Waals surface area contributed by atoms with E-state index in [9.17, 15) is 8.78 Å². The van der Waals surface area contributed by atoms with Gasteiger partial charge in [-0.25, -0.2) is 8.78 Å². The first-order valence-corrected chi connectivity index (χ1v) is 5.03. The summed E-state index contributed by atoms with van der Waals surface area (Å²) in [5.41, 5.74) is -0.282. The van der Waals surface area contributed by atoms with E-state index in [1.54, 1.807) is 31.2 Å². The van der Waals surface area contributed by atoms with Crippen LogP contribution in [0.1, 0.15) is 25.3 Å². The number of hydrogen-bond donors (Lipinski definition) is 0. The van der Waals surface area contributed by atoms with Crippen molar-refractivity contribution >= 4 is 11.6 Å². The van der Waals surface area contributed by atoms with Gasteiger partial charge in [0.25, 0.3) is 5.92 Å². The summed E-state index contributed by atoms with van der Waals surface area (Å²) in [4.78, 5) is 0. The van der Waals surface area contributed by atoms with Gasteiger partial charge in [0, 0.05) is 11.4 Å². The zero-order chi connectivity index (χ0) is 10.4. The maximum atomic E-state index is 13.2. The van der Waals surface area contributed by atoms with Crippen LogP contribution in [0.25, 0.3) is 0 Å². The molecule has 0 saturated heterocycles. The second kappa shape index (κ2) is 2.93. The number of halogens is 3. The van der Waals surface area contributed by atoms with Crippen LogP contribution < -0.4 is 0 Å². The van der Waals surface area contributed by atoms with Gasteiger partial charge in [0.2, 0.25) is 0 Å². The standard InChI is InChI=1S/C11H11ClF2/c1-2-10(7-11(10,13)14)8-4-3-5-9(12)6-8/h3-6H,2,7H2,1H3. The van der Waals surface area contributed by atoms with E-state index in [-0.39, 0.29) is 6.42 Å². The zero-order valence-corrected chi connectivity index (χ0v) is 8.61. The Morgan fingerprint density at radius 2 is 2.07 bits per heavy atom. The molecular formula is C11H11ClF2. The average molecular weight is 217 g/mol. The molecule has 0 nitrogen and oxygen atoms in total. The summed E-state index contributed by atoms with van der Waals surface area (Å²) in [7, 11) is 0. The molecule has 1 aliphatic rings. The number of alkyl halides is 2. The highest BCUT2D eigenvalue weighted by atomic mass is 35.5. The highest BCUT2D eigenvalue weighted by Gasteiger charge is 2.70. The van der Waals surface area contributed by atoms with Gasteiger partial charge < -0.3 is 0 Å². The minimum atomic E-state index is -2.55. The minimum Gasteiger partial charge on any atom is -0.206 e. The van der Waals surface area contributed by atoms with E-state index in [0.717, 1.165) is 0 Å². The first kappa shape index (κ1) is 9.91. The molecule has 2 rings (SSSR count). The maximum Gasteiger partial charge on any atom is 0.258 e. The molecule has 0 bridgehead atoms. The Kier molecular flexibility index (Phi) is 2.07. The fourth-order valence-corrected chi connectivity index (χ4v) is 2.21. The molecule has 1 fully saturated rings. The fourth-order valence-electron chi connectivity index (χ4n) is 2.02. The van der Waals surface area contributed by atoms with Crippen LogP contribution in [0, 0.1) is 0 Å². The van der Waals surface area contributed by atoms with Crippen molar-refractivity contribution in [2.24, 2.45) is 0 Å². The van der Waals surface area contributed by atoms with Crippen LogP contribution in [-0.4, -0.2) is 5.92 Å². The van der Waals surface area contributed by atoms with Crippen LogP contribution in [0.15, 0.2) is 24.3 Å². The summed E-state index contributed by atoms with van der Waals surface area (Å²) >= 11 is 5.78. The Balaban J connectivity index is 2.40. The smallest absolute Gasteiger partial charge is 0.206 e. The average Bonchev–Trinajstić information content (AvgIpc) is 2.70. The summed E-state index contributed by atoms with van der Waals surface area (Å²) in [6.45, 7) is 1.79. The molecule has 1 aromatic rings. The molecule has 0 N–H and O–H groups in total. The molecule has 0 spiro atoms. The van der Waals surface area contributed by atoms with E-state index in [0.29, 0.717) is 17.0 Å². The van der Waals surface area contributed by atoms with Crippen molar-refractivity contribution in [3.05, 3.63) is 34.9 Å². The lowest BCUT2D eigenvalue weighted by Gasteiger charge is -2.14. The second-order valence-corrected chi connectivity index (χ2v) is 4.26. The van der Waals surface area contributed by atoms with Crippen LogP contribution in [0.3, 0.4) is 0 Å². The summed E-state index contributed by atoms with van der Waals surface area (Å²) in [6, 6.07) is 6.81. The molecule has 14 heavy (non-hydrogen) atoms. The predicted molar refractivity (Wildman–Crippen MR) is 53.0 cm³/mol. The van der Waals surface area contributed by atoms with E-state index in [1.807, 2.05) is 0 Å². The molecule has 0 amide bonds. The molecule has 1 saturated carbocycles. The summed E-state index contributed by atoms with van der Waals surface area (Å²) < 4.78 is 26.5. The first-order chi connectivity index (χ1) is 6.52. The summed E-state index contributed by atoms with van der Waals surface area (Å²) in [6.07, 6.45) is 0.414. The van der Waals surface area contributed by atoms with Crippen molar-refractivity contribution in [3.8, 4) is 0 Å². The van der Waals surface area contributed by atoms with E-state index < -0.39 is 11.3 Å². The van der Waals surface area contributed by atoms with Gasteiger partial charge >= 0.3 is 0 Å². The quantitative estimate of drug-likeness (QED) is 0.700. The summed E-state index contributed by atoms with van der Waals surface area (Å²) in [5, 5.41) is 0.526. The maximum absolute atomic E-state index is 13.2. The molecule has 0 aliphatic heterocycles. The van der Waals surface area contributed by atoms with Crippen LogP contribution in [-0.2, 0) is 5.41 Å². The zero-order valence-electron chi connectivity index (χ0n) is 7.86. The lowest BCUT2D eigenvalue weighted by Crippen LogP contribution is -2.14. The number of rotatable bonds is 2. The van der Waals surface area contributed by atoms with Crippen molar-refractivity contribution in [1.29, 1.82) is 0 Å². The van der Waals surface area contributed by atoms with Crippen LogP contribution in [0.4, 0.5) is 8.78 Å². The van der Waals surface area contributed by atoms with Gasteiger partial charge in [0.15, 0.2) is 0 Å². The predicted octanol–water partition coefficient (Wildman–Crippen LogP) is 4.03. The normalized spacial score (nSPS) is 28.9. The second-order valence-electron chi connectivity index (χ2n) is 3.83. The Bertz CT molecular complexity index is 362. The lowest BCUT2D eigenvalue weighted by molar-refractivity contribution is 0.0866. The lowest BCUT2D eigenvalue weighted by atomic mass is 9.92. The van der Waals surface area contributed by atoms with E-state index in [1.165, 1.54) is 0 Å². The first-order valence-electron chi connectivity index (χ1n) is 4.66. The molecule has 1 aliphatic carbocycles. The third-order valence-electron chi connectivity index (χ3n) is 3.08. The monoisotopic (exact) mass is 216 g/mol. The largest absolute Gasteiger partial charge is 0.258 e. The van der Waals surface area contributed by atoms with Gasteiger partial charge in [-0.05, 0) is 24.1 Å². The molecule has 0 aromatic heterocycles. The van der Waals surface area contributed by atoms with Crippen molar-refractivity contribution in [2.75, 3.05) is 0 Å². The van der Waals surface area contributed by atoms with Gasteiger partial charge in [-0.15, -0.1) is 0 Å². The van der Waals surface area contributed by atoms with Crippen molar-refractivity contribution in [2.45, 2.75) is 31.1 Å². The van der Waals surface area contributed by atoms with Crippen LogP contribution in [0.5, 0.6) is 0 Å². The van der Waals surface area contributed by atoms with Crippen molar-refractivity contribution < 1.29 is 8.78 Å². The topological polar surface area (TPSA) is 0 Å².